The standard InChI is InChI=1S/C10H16N4OS.ClH/c1-7-12-9(16-14-7)13-8(15)10(2)4-3-5-11-6-10;/h11H,3-6H2,1-2H3,(H,12,13,14,15);1H. The second-order valence-corrected chi connectivity index (χ2v) is 5.19. The van der Waals surface area contributed by atoms with Crippen LogP contribution in [-0.2, 0) is 4.79 Å². The number of carbonyl (C=O) groups excluding carboxylic acids is 1. The minimum atomic E-state index is -0.322. The SMILES string of the molecule is Cc1nsc(NC(=O)C2(C)CCCNC2)n1.Cl. The van der Waals surface area contributed by atoms with Crippen molar-refractivity contribution < 1.29 is 4.79 Å². The maximum Gasteiger partial charge on any atom is 0.233 e. The first-order valence-electron chi connectivity index (χ1n) is 5.43. The number of carbonyl (C=O) groups is 1. The molecule has 0 spiro atoms. The van der Waals surface area contributed by atoms with Gasteiger partial charge in [-0.3, -0.25) is 4.79 Å². The maximum atomic E-state index is 12.1. The number of nitrogens with zero attached hydrogens (tertiary/aromatic N) is 2. The molecule has 2 rings (SSSR count). The number of rotatable bonds is 2. The minimum Gasteiger partial charge on any atom is -0.316 e. The molecule has 1 aliphatic heterocycles. The first kappa shape index (κ1) is 14.3. The number of aromatic nitrogens is 2. The third kappa shape index (κ3) is 3.37. The fraction of sp³-hybridized carbons (Fsp3) is 0.700. The highest BCUT2D eigenvalue weighted by atomic mass is 35.5. The Hall–Kier alpha value is -0.720. The molecule has 7 heteroatoms. The van der Waals surface area contributed by atoms with Crippen LogP contribution in [0, 0.1) is 12.3 Å². The molecule has 1 saturated heterocycles. The monoisotopic (exact) mass is 276 g/mol. The van der Waals surface area contributed by atoms with Crippen LogP contribution in [0.5, 0.6) is 0 Å². The van der Waals surface area contributed by atoms with E-state index in [1.807, 2.05) is 13.8 Å². The second-order valence-electron chi connectivity index (χ2n) is 4.44. The van der Waals surface area contributed by atoms with E-state index in [4.69, 9.17) is 0 Å². The summed E-state index contributed by atoms with van der Waals surface area (Å²) in [5.41, 5.74) is -0.322. The van der Waals surface area contributed by atoms with Gasteiger partial charge in [0.15, 0.2) is 0 Å². The van der Waals surface area contributed by atoms with Crippen LogP contribution < -0.4 is 10.6 Å². The Morgan fingerprint density at radius 2 is 2.35 bits per heavy atom. The van der Waals surface area contributed by atoms with Gasteiger partial charge in [-0.05, 0) is 33.2 Å². The lowest BCUT2D eigenvalue weighted by molar-refractivity contribution is -0.125. The van der Waals surface area contributed by atoms with Gasteiger partial charge in [-0.15, -0.1) is 12.4 Å². The summed E-state index contributed by atoms with van der Waals surface area (Å²) in [5.74, 6) is 0.739. The van der Waals surface area contributed by atoms with E-state index in [9.17, 15) is 4.79 Å². The van der Waals surface area contributed by atoms with Crippen molar-refractivity contribution in [2.75, 3.05) is 18.4 Å². The Morgan fingerprint density at radius 3 is 2.88 bits per heavy atom. The number of halogens is 1. The molecule has 17 heavy (non-hydrogen) atoms. The predicted molar refractivity (Wildman–Crippen MR) is 70.7 cm³/mol. The van der Waals surface area contributed by atoms with Crippen molar-refractivity contribution in [3.8, 4) is 0 Å². The Labute approximate surface area is 111 Å². The molecule has 0 radical (unpaired) electrons. The highest BCUT2D eigenvalue weighted by Crippen LogP contribution is 2.27. The van der Waals surface area contributed by atoms with Gasteiger partial charge in [0, 0.05) is 18.1 Å². The van der Waals surface area contributed by atoms with E-state index in [0.717, 1.165) is 25.9 Å². The van der Waals surface area contributed by atoms with Gasteiger partial charge in [0.2, 0.25) is 11.0 Å². The molecule has 1 aliphatic rings. The van der Waals surface area contributed by atoms with Crippen molar-refractivity contribution in [3.05, 3.63) is 5.82 Å². The largest absolute Gasteiger partial charge is 0.316 e. The highest BCUT2D eigenvalue weighted by Gasteiger charge is 2.34. The van der Waals surface area contributed by atoms with Gasteiger partial charge in [-0.1, -0.05) is 0 Å². The van der Waals surface area contributed by atoms with Gasteiger partial charge in [0.1, 0.15) is 5.82 Å². The average molecular weight is 277 g/mol. The van der Waals surface area contributed by atoms with Gasteiger partial charge in [-0.25, -0.2) is 4.98 Å². The van der Waals surface area contributed by atoms with E-state index in [1.54, 1.807) is 0 Å². The van der Waals surface area contributed by atoms with Gasteiger partial charge in [0.05, 0.1) is 5.41 Å². The average Bonchev–Trinajstić information content (AvgIpc) is 2.65. The van der Waals surface area contributed by atoms with E-state index in [0.29, 0.717) is 11.0 Å². The van der Waals surface area contributed by atoms with Crippen molar-refractivity contribution in [3.63, 3.8) is 0 Å². The topological polar surface area (TPSA) is 66.9 Å². The highest BCUT2D eigenvalue weighted by molar-refractivity contribution is 7.09. The van der Waals surface area contributed by atoms with Crippen LogP contribution in [0.3, 0.4) is 0 Å². The smallest absolute Gasteiger partial charge is 0.233 e. The number of hydrogen-bond acceptors (Lipinski definition) is 5. The molecule has 2 N–H and O–H groups in total. The van der Waals surface area contributed by atoms with Gasteiger partial charge in [-0.2, -0.15) is 4.37 Å². The Balaban J connectivity index is 0.00000144. The molecular weight excluding hydrogens is 260 g/mol. The molecule has 1 fully saturated rings. The lowest BCUT2D eigenvalue weighted by Crippen LogP contribution is -2.46. The summed E-state index contributed by atoms with van der Waals surface area (Å²) < 4.78 is 4.04. The molecule has 0 aromatic carbocycles. The zero-order valence-electron chi connectivity index (χ0n) is 9.95. The Bertz CT molecular complexity index is 389. The summed E-state index contributed by atoms with van der Waals surface area (Å²) in [5, 5.41) is 6.68. The van der Waals surface area contributed by atoms with E-state index in [1.165, 1.54) is 11.5 Å². The lowest BCUT2D eigenvalue weighted by atomic mass is 9.82. The van der Waals surface area contributed by atoms with Crippen molar-refractivity contribution in [1.29, 1.82) is 0 Å². The van der Waals surface area contributed by atoms with Crippen molar-refractivity contribution in [2.24, 2.45) is 5.41 Å². The summed E-state index contributed by atoms with van der Waals surface area (Å²) in [6.45, 7) is 5.54. The van der Waals surface area contributed by atoms with Gasteiger partial charge < -0.3 is 10.6 Å². The summed E-state index contributed by atoms with van der Waals surface area (Å²) >= 11 is 1.23. The normalized spacial score (nSPS) is 23.9. The number of aryl methyl sites for hydroxylation is 1. The number of hydrogen-bond donors (Lipinski definition) is 2. The summed E-state index contributed by atoms with van der Waals surface area (Å²) in [4.78, 5) is 16.2. The fourth-order valence-electron chi connectivity index (χ4n) is 1.85. The zero-order valence-corrected chi connectivity index (χ0v) is 11.6. The molecule has 1 aromatic heterocycles. The molecule has 0 aliphatic carbocycles. The molecular formula is C10H17ClN4OS. The lowest BCUT2D eigenvalue weighted by Gasteiger charge is -2.32. The van der Waals surface area contributed by atoms with Crippen molar-refractivity contribution in [2.45, 2.75) is 26.7 Å². The Morgan fingerprint density at radius 1 is 1.59 bits per heavy atom. The second kappa shape index (κ2) is 5.75. The number of piperidine rings is 1. The molecule has 1 atom stereocenters. The third-order valence-electron chi connectivity index (χ3n) is 2.89. The van der Waals surface area contributed by atoms with Crippen molar-refractivity contribution >= 4 is 35.0 Å². The molecule has 2 heterocycles. The van der Waals surface area contributed by atoms with Crippen LogP contribution in [0.15, 0.2) is 0 Å². The van der Waals surface area contributed by atoms with Crippen molar-refractivity contribution in [1.82, 2.24) is 14.7 Å². The summed E-state index contributed by atoms with van der Waals surface area (Å²) in [6.07, 6.45) is 1.96. The molecule has 0 saturated carbocycles. The van der Waals surface area contributed by atoms with Gasteiger partial charge in [0.25, 0.3) is 0 Å². The quantitative estimate of drug-likeness (QED) is 0.861. The van der Waals surface area contributed by atoms with E-state index >= 15 is 0 Å². The van der Waals surface area contributed by atoms with Gasteiger partial charge >= 0.3 is 0 Å². The number of amides is 1. The molecule has 1 aromatic rings. The molecule has 1 amide bonds. The maximum absolute atomic E-state index is 12.1. The van der Waals surface area contributed by atoms with Crippen LogP contribution in [0.4, 0.5) is 5.13 Å². The van der Waals surface area contributed by atoms with Crippen LogP contribution in [-0.4, -0.2) is 28.4 Å². The molecule has 1 unspecified atom stereocenters. The van der Waals surface area contributed by atoms with Crippen LogP contribution in [0.25, 0.3) is 0 Å². The number of anilines is 1. The third-order valence-corrected chi connectivity index (χ3v) is 3.62. The first-order valence-corrected chi connectivity index (χ1v) is 6.20. The van der Waals surface area contributed by atoms with Crippen LogP contribution in [0.1, 0.15) is 25.6 Å². The number of nitrogens with one attached hydrogen (secondary N) is 2. The van der Waals surface area contributed by atoms with E-state index < -0.39 is 0 Å². The van der Waals surface area contributed by atoms with E-state index in [-0.39, 0.29) is 23.7 Å². The van der Waals surface area contributed by atoms with E-state index in [2.05, 4.69) is 20.0 Å². The Kier molecular flexibility index (Phi) is 4.85. The summed E-state index contributed by atoms with van der Waals surface area (Å²) in [6, 6.07) is 0. The van der Waals surface area contributed by atoms with Crippen LogP contribution >= 0.6 is 23.9 Å². The molecule has 96 valence electrons. The van der Waals surface area contributed by atoms with Crippen LogP contribution in [0.2, 0.25) is 0 Å². The first-order chi connectivity index (χ1) is 7.60. The summed E-state index contributed by atoms with van der Waals surface area (Å²) in [7, 11) is 0. The minimum absolute atomic E-state index is 0. The molecule has 5 nitrogen and oxygen atoms in total. The fourth-order valence-corrected chi connectivity index (χ4v) is 2.42. The predicted octanol–water partition coefficient (Wildman–Crippen LogP) is 1.60. The molecule has 0 bridgehead atoms. The zero-order chi connectivity index (χ0) is 11.6.